The van der Waals surface area contributed by atoms with Crippen LogP contribution in [0.1, 0.15) is 29.5 Å². The molecule has 0 bridgehead atoms. The Bertz CT molecular complexity index is 1340. The highest BCUT2D eigenvalue weighted by Crippen LogP contribution is 2.34. The Kier molecular flexibility index (Phi) is 6.58. The molecule has 10 heteroatoms. The molecule has 1 saturated heterocycles. The summed E-state index contributed by atoms with van der Waals surface area (Å²) in [5, 5.41) is -0.191. The van der Waals surface area contributed by atoms with Crippen molar-refractivity contribution in [2.75, 3.05) is 27.2 Å². The highest BCUT2D eigenvalue weighted by Gasteiger charge is 2.34. The fourth-order valence-electron chi connectivity index (χ4n) is 4.29. The lowest BCUT2D eigenvalue weighted by Gasteiger charge is -2.34. The summed E-state index contributed by atoms with van der Waals surface area (Å²) in [5.41, 5.74) is -0.924. The lowest BCUT2D eigenvalue weighted by atomic mass is 10.0. The fraction of sp³-hybridized carbons (Fsp3) is 0.375. The summed E-state index contributed by atoms with van der Waals surface area (Å²) in [5.74, 6) is 0. The van der Waals surface area contributed by atoms with Gasteiger partial charge in [-0.25, -0.2) is 13.2 Å². The molecule has 34 heavy (non-hydrogen) atoms. The van der Waals surface area contributed by atoms with Crippen LogP contribution in [-0.2, 0) is 22.6 Å². The van der Waals surface area contributed by atoms with Crippen LogP contribution in [0.25, 0.3) is 11.0 Å². The van der Waals surface area contributed by atoms with Crippen molar-refractivity contribution in [3.05, 3.63) is 75.6 Å². The van der Waals surface area contributed by atoms with Gasteiger partial charge in [0.05, 0.1) is 10.5 Å². The molecule has 0 spiro atoms. The largest absolute Gasteiger partial charge is 0.423 e. The van der Waals surface area contributed by atoms with Gasteiger partial charge in [0.2, 0.25) is 10.0 Å². The van der Waals surface area contributed by atoms with Gasteiger partial charge >= 0.3 is 11.8 Å². The van der Waals surface area contributed by atoms with Crippen LogP contribution < -0.4 is 5.63 Å². The Morgan fingerprint density at radius 2 is 1.65 bits per heavy atom. The van der Waals surface area contributed by atoms with Gasteiger partial charge in [0, 0.05) is 24.5 Å². The lowest BCUT2D eigenvalue weighted by Crippen LogP contribution is -2.44. The maximum absolute atomic E-state index is 13.4. The number of nitrogens with zero attached hydrogens (tertiary/aromatic N) is 2. The van der Waals surface area contributed by atoms with E-state index in [0.29, 0.717) is 11.6 Å². The number of piperidine rings is 1. The second-order valence-corrected chi connectivity index (χ2v) is 10.7. The van der Waals surface area contributed by atoms with Crippen molar-refractivity contribution >= 4 is 21.0 Å². The number of fused-ring (bicyclic) bond motifs is 1. The number of rotatable bonds is 5. The summed E-state index contributed by atoms with van der Waals surface area (Å²) in [7, 11) is -0.0380. The van der Waals surface area contributed by atoms with Crippen molar-refractivity contribution in [1.82, 2.24) is 9.21 Å². The first-order valence-corrected chi connectivity index (χ1v) is 12.3. The molecule has 0 aliphatic carbocycles. The molecular formula is C24H25F3N2O4S. The molecule has 6 nitrogen and oxygen atoms in total. The zero-order valence-corrected chi connectivity index (χ0v) is 19.6. The molecule has 0 N–H and O–H groups in total. The van der Waals surface area contributed by atoms with Crippen LogP contribution in [0, 0.1) is 0 Å². The molecule has 0 radical (unpaired) electrons. The van der Waals surface area contributed by atoms with Gasteiger partial charge in [0.25, 0.3) is 0 Å². The SMILES string of the molecule is CN1CCC(N(C)S(=O)(=O)c2ccc(Cc3ccc4oc(=O)cc(C(F)(F)F)c4c3)cc2)CC1. The number of benzene rings is 2. The number of sulfonamides is 1. The smallest absolute Gasteiger partial charge is 0.417 e. The molecule has 0 atom stereocenters. The van der Waals surface area contributed by atoms with E-state index in [1.54, 1.807) is 25.2 Å². The molecule has 0 unspecified atom stereocenters. The Balaban J connectivity index is 1.56. The monoisotopic (exact) mass is 494 g/mol. The summed E-state index contributed by atoms with van der Waals surface area (Å²) in [4.78, 5) is 13.8. The number of likely N-dealkylation sites (tertiary alicyclic amines) is 1. The summed E-state index contributed by atoms with van der Waals surface area (Å²) in [6.07, 6.45) is -2.86. The van der Waals surface area contributed by atoms with Crippen LogP contribution in [0.3, 0.4) is 0 Å². The Hall–Kier alpha value is -2.69. The van der Waals surface area contributed by atoms with Crippen molar-refractivity contribution in [1.29, 1.82) is 0 Å². The van der Waals surface area contributed by atoms with E-state index < -0.39 is 27.4 Å². The predicted octanol–water partition coefficient (Wildman–Crippen LogP) is 4.12. The standard InChI is InChI=1S/C24H25F3N2O4S/c1-28-11-9-18(10-12-28)29(2)34(31,32)19-6-3-16(4-7-19)13-17-5-8-22-20(14-17)21(24(25,26)27)15-23(30)33-22/h3-8,14-15,18H,9-13H2,1-2H3. The minimum absolute atomic E-state index is 0.0543. The molecule has 4 rings (SSSR count). The molecule has 0 saturated carbocycles. The Morgan fingerprint density at radius 3 is 2.26 bits per heavy atom. The Morgan fingerprint density at radius 1 is 1.03 bits per heavy atom. The van der Waals surface area contributed by atoms with Gasteiger partial charge < -0.3 is 9.32 Å². The second kappa shape index (κ2) is 9.16. The van der Waals surface area contributed by atoms with Gasteiger partial charge in [-0.2, -0.15) is 17.5 Å². The van der Waals surface area contributed by atoms with E-state index in [1.165, 1.54) is 28.6 Å². The first-order chi connectivity index (χ1) is 15.9. The lowest BCUT2D eigenvalue weighted by molar-refractivity contribution is -0.136. The van der Waals surface area contributed by atoms with Gasteiger partial charge in [-0.15, -0.1) is 0 Å². The van der Waals surface area contributed by atoms with Crippen molar-refractivity contribution in [3.63, 3.8) is 0 Å². The number of hydrogen-bond donors (Lipinski definition) is 0. The van der Waals surface area contributed by atoms with Crippen LogP contribution in [0.2, 0.25) is 0 Å². The molecule has 182 valence electrons. The summed E-state index contributed by atoms with van der Waals surface area (Å²) < 4.78 is 72.6. The highest BCUT2D eigenvalue weighted by molar-refractivity contribution is 7.89. The van der Waals surface area contributed by atoms with E-state index in [9.17, 15) is 26.4 Å². The average molecular weight is 495 g/mol. The fourth-order valence-corrected chi connectivity index (χ4v) is 5.71. The van der Waals surface area contributed by atoms with E-state index in [-0.39, 0.29) is 28.3 Å². The molecular weight excluding hydrogens is 469 g/mol. The zero-order valence-electron chi connectivity index (χ0n) is 18.8. The first kappa shape index (κ1) is 24.4. The molecule has 0 amide bonds. The third-order valence-electron chi connectivity index (χ3n) is 6.32. The zero-order chi connectivity index (χ0) is 24.7. The molecule has 1 fully saturated rings. The van der Waals surface area contributed by atoms with E-state index in [1.807, 2.05) is 7.05 Å². The first-order valence-electron chi connectivity index (χ1n) is 10.8. The quantitative estimate of drug-likeness (QED) is 0.499. The molecule has 1 aliphatic heterocycles. The van der Waals surface area contributed by atoms with Crippen LogP contribution >= 0.6 is 0 Å². The van der Waals surface area contributed by atoms with Crippen LogP contribution in [0.15, 0.2) is 62.6 Å². The molecule has 2 aromatic carbocycles. The van der Waals surface area contributed by atoms with Crippen molar-refractivity contribution in [2.24, 2.45) is 0 Å². The maximum Gasteiger partial charge on any atom is 0.417 e. The predicted molar refractivity (Wildman–Crippen MR) is 122 cm³/mol. The van der Waals surface area contributed by atoms with E-state index >= 15 is 0 Å². The number of alkyl halides is 3. The van der Waals surface area contributed by atoms with E-state index in [0.717, 1.165) is 31.5 Å². The maximum atomic E-state index is 13.4. The molecule has 1 aromatic heterocycles. The molecule has 1 aliphatic rings. The molecule has 2 heterocycles. The third kappa shape index (κ3) is 5.03. The number of halogens is 3. The normalized spacial score (nSPS) is 16.4. The third-order valence-corrected chi connectivity index (χ3v) is 8.25. The highest BCUT2D eigenvalue weighted by atomic mass is 32.2. The summed E-state index contributed by atoms with van der Waals surface area (Å²) in [6.45, 7) is 1.68. The van der Waals surface area contributed by atoms with Gasteiger partial charge in [0.1, 0.15) is 5.58 Å². The summed E-state index contributed by atoms with van der Waals surface area (Å²) >= 11 is 0. The van der Waals surface area contributed by atoms with Crippen LogP contribution in [-0.4, -0.2) is 50.8 Å². The van der Waals surface area contributed by atoms with Gasteiger partial charge in [-0.05, 0) is 74.8 Å². The van der Waals surface area contributed by atoms with Crippen molar-refractivity contribution < 1.29 is 26.0 Å². The molecule has 3 aromatic rings. The van der Waals surface area contributed by atoms with E-state index in [4.69, 9.17) is 4.42 Å². The van der Waals surface area contributed by atoms with Crippen LogP contribution in [0.4, 0.5) is 13.2 Å². The Labute approximate surface area is 195 Å². The van der Waals surface area contributed by atoms with E-state index in [2.05, 4.69) is 4.90 Å². The average Bonchev–Trinajstić information content (AvgIpc) is 2.78. The van der Waals surface area contributed by atoms with Gasteiger partial charge in [0.15, 0.2) is 0 Å². The van der Waals surface area contributed by atoms with Gasteiger partial charge in [-0.1, -0.05) is 18.2 Å². The second-order valence-electron chi connectivity index (χ2n) is 8.68. The van der Waals surface area contributed by atoms with Crippen molar-refractivity contribution in [3.8, 4) is 0 Å². The van der Waals surface area contributed by atoms with Gasteiger partial charge in [-0.3, -0.25) is 0 Å². The summed E-state index contributed by atoms with van der Waals surface area (Å²) in [6, 6.07) is 11.0. The minimum atomic E-state index is -4.69. The number of hydrogen-bond acceptors (Lipinski definition) is 5. The minimum Gasteiger partial charge on any atom is -0.423 e. The van der Waals surface area contributed by atoms with Crippen LogP contribution in [0.5, 0.6) is 0 Å². The topological polar surface area (TPSA) is 70.8 Å². The van der Waals surface area contributed by atoms with Crippen molar-refractivity contribution in [2.45, 2.75) is 36.4 Å².